The Hall–Kier alpha value is -1.39. The van der Waals surface area contributed by atoms with Crippen molar-refractivity contribution in [1.82, 2.24) is 4.98 Å². The van der Waals surface area contributed by atoms with Crippen molar-refractivity contribution in [3.8, 4) is 17.0 Å². The Morgan fingerprint density at radius 2 is 2.17 bits per heavy atom. The van der Waals surface area contributed by atoms with E-state index in [9.17, 15) is 5.11 Å². The maximum absolute atomic E-state index is 9.23. The topological polar surface area (TPSA) is 42.4 Å². The summed E-state index contributed by atoms with van der Waals surface area (Å²) >= 11 is 1.57. The van der Waals surface area contributed by atoms with Crippen LogP contribution in [-0.2, 0) is 6.61 Å². The summed E-state index contributed by atoms with van der Waals surface area (Å²) in [6.07, 6.45) is 0. The van der Waals surface area contributed by atoms with E-state index in [4.69, 9.17) is 4.74 Å². The Morgan fingerprint density at radius 1 is 1.39 bits per heavy atom. The first kappa shape index (κ1) is 13.1. The van der Waals surface area contributed by atoms with Gasteiger partial charge in [0.2, 0.25) is 0 Å². The number of aliphatic hydroxyl groups is 1. The maximum atomic E-state index is 9.23. The Morgan fingerprint density at radius 3 is 2.78 bits per heavy atom. The van der Waals surface area contributed by atoms with E-state index in [0.29, 0.717) is 5.92 Å². The first-order valence-corrected chi connectivity index (χ1v) is 6.72. The predicted octanol–water partition coefficient (Wildman–Crippen LogP) is 3.43. The van der Waals surface area contributed by atoms with Crippen LogP contribution in [0.4, 0.5) is 0 Å². The van der Waals surface area contributed by atoms with Gasteiger partial charge in [0.1, 0.15) is 10.8 Å². The van der Waals surface area contributed by atoms with Crippen molar-refractivity contribution in [3.05, 3.63) is 34.2 Å². The lowest BCUT2D eigenvalue weighted by molar-refractivity contribution is 0.281. The van der Waals surface area contributed by atoms with Gasteiger partial charge in [-0.2, -0.15) is 0 Å². The maximum Gasteiger partial charge on any atom is 0.119 e. The van der Waals surface area contributed by atoms with Crippen LogP contribution in [0, 0.1) is 0 Å². The van der Waals surface area contributed by atoms with Gasteiger partial charge in [0.25, 0.3) is 0 Å². The summed E-state index contributed by atoms with van der Waals surface area (Å²) in [5.41, 5.74) is 1.99. The van der Waals surface area contributed by atoms with E-state index in [1.807, 2.05) is 24.3 Å². The number of rotatable bonds is 4. The van der Waals surface area contributed by atoms with Crippen LogP contribution in [0.5, 0.6) is 5.75 Å². The Kier molecular flexibility index (Phi) is 3.99. The summed E-state index contributed by atoms with van der Waals surface area (Å²) in [5, 5.41) is 9.99. The number of hydrogen-bond acceptors (Lipinski definition) is 4. The molecule has 0 aliphatic carbocycles. The lowest BCUT2D eigenvalue weighted by Gasteiger charge is -2.06. The molecule has 0 saturated heterocycles. The van der Waals surface area contributed by atoms with E-state index < -0.39 is 0 Å². The number of benzene rings is 1. The third-order valence-electron chi connectivity index (χ3n) is 2.70. The van der Waals surface area contributed by atoms with E-state index in [1.165, 1.54) is 4.88 Å². The van der Waals surface area contributed by atoms with Crippen molar-refractivity contribution in [2.75, 3.05) is 7.11 Å². The van der Waals surface area contributed by atoms with E-state index in [-0.39, 0.29) is 6.61 Å². The third kappa shape index (κ3) is 2.54. The first-order valence-electron chi connectivity index (χ1n) is 5.90. The molecule has 4 heteroatoms. The van der Waals surface area contributed by atoms with Gasteiger partial charge < -0.3 is 9.84 Å². The second kappa shape index (κ2) is 5.50. The van der Waals surface area contributed by atoms with Crippen LogP contribution in [0.25, 0.3) is 11.3 Å². The molecule has 0 saturated carbocycles. The van der Waals surface area contributed by atoms with Gasteiger partial charge in [0.15, 0.2) is 0 Å². The van der Waals surface area contributed by atoms with Gasteiger partial charge in [0.05, 0.1) is 19.4 Å². The van der Waals surface area contributed by atoms with Gasteiger partial charge in [-0.15, -0.1) is 11.3 Å². The van der Waals surface area contributed by atoms with Crippen molar-refractivity contribution in [2.24, 2.45) is 0 Å². The summed E-state index contributed by atoms with van der Waals surface area (Å²) in [6.45, 7) is 4.27. The molecular formula is C14H17NO2S. The van der Waals surface area contributed by atoms with Gasteiger partial charge in [-0.05, 0) is 18.1 Å². The zero-order valence-electron chi connectivity index (χ0n) is 10.8. The van der Waals surface area contributed by atoms with E-state index >= 15 is 0 Å². The molecule has 0 bridgehead atoms. The molecule has 1 N–H and O–H groups in total. The molecule has 1 heterocycles. The highest BCUT2D eigenvalue weighted by atomic mass is 32.1. The van der Waals surface area contributed by atoms with Crippen LogP contribution in [-0.4, -0.2) is 17.2 Å². The second-order valence-electron chi connectivity index (χ2n) is 4.37. The monoisotopic (exact) mass is 263 g/mol. The number of methoxy groups -OCH3 is 1. The minimum absolute atomic E-state index is 0.00560. The molecule has 18 heavy (non-hydrogen) atoms. The van der Waals surface area contributed by atoms with Crippen molar-refractivity contribution in [2.45, 2.75) is 26.4 Å². The summed E-state index contributed by atoms with van der Waals surface area (Å²) in [5.74, 6) is 1.21. The van der Waals surface area contributed by atoms with Gasteiger partial charge in [0, 0.05) is 10.4 Å². The predicted molar refractivity (Wildman–Crippen MR) is 74.1 cm³/mol. The van der Waals surface area contributed by atoms with Crippen molar-refractivity contribution >= 4 is 11.3 Å². The highest BCUT2D eigenvalue weighted by molar-refractivity contribution is 7.12. The minimum Gasteiger partial charge on any atom is -0.497 e. The SMILES string of the molecule is COc1cccc(-c2nc(CO)sc2C(C)C)c1. The van der Waals surface area contributed by atoms with Gasteiger partial charge >= 0.3 is 0 Å². The van der Waals surface area contributed by atoms with E-state index in [1.54, 1.807) is 18.4 Å². The molecule has 0 unspecified atom stereocenters. The quantitative estimate of drug-likeness (QED) is 0.919. The van der Waals surface area contributed by atoms with Crippen LogP contribution in [0.1, 0.15) is 29.7 Å². The van der Waals surface area contributed by atoms with Gasteiger partial charge in [-0.25, -0.2) is 4.98 Å². The normalized spacial score (nSPS) is 10.9. The molecule has 0 aliphatic heterocycles. The number of aliphatic hydroxyl groups excluding tert-OH is 1. The number of ether oxygens (including phenoxy) is 1. The summed E-state index contributed by atoms with van der Waals surface area (Å²) in [7, 11) is 1.66. The molecule has 0 atom stereocenters. The summed E-state index contributed by atoms with van der Waals surface area (Å²) in [6, 6.07) is 7.86. The molecule has 0 spiro atoms. The molecular weight excluding hydrogens is 246 g/mol. The summed E-state index contributed by atoms with van der Waals surface area (Å²) in [4.78, 5) is 5.71. The molecule has 0 fully saturated rings. The van der Waals surface area contributed by atoms with Crippen molar-refractivity contribution in [3.63, 3.8) is 0 Å². The van der Waals surface area contributed by atoms with Gasteiger partial charge in [-0.1, -0.05) is 26.0 Å². The van der Waals surface area contributed by atoms with Crippen molar-refractivity contribution < 1.29 is 9.84 Å². The molecule has 0 amide bonds. The molecule has 1 aromatic carbocycles. The summed E-state index contributed by atoms with van der Waals surface area (Å²) < 4.78 is 5.24. The highest BCUT2D eigenvalue weighted by Crippen LogP contribution is 2.35. The lowest BCUT2D eigenvalue weighted by Crippen LogP contribution is -1.89. The van der Waals surface area contributed by atoms with Crippen LogP contribution in [0.15, 0.2) is 24.3 Å². The zero-order chi connectivity index (χ0) is 13.1. The van der Waals surface area contributed by atoms with Crippen LogP contribution in [0.2, 0.25) is 0 Å². The number of hydrogen-bond donors (Lipinski definition) is 1. The number of thiazole rings is 1. The van der Waals surface area contributed by atoms with Gasteiger partial charge in [-0.3, -0.25) is 0 Å². The van der Waals surface area contributed by atoms with E-state index in [0.717, 1.165) is 22.0 Å². The molecule has 2 aromatic rings. The molecule has 96 valence electrons. The Bertz CT molecular complexity index is 534. The minimum atomic E-state index is -0.00560. The zero-order valence-corrected chi connectivity index (χ0v) is 11.6. The first-order chi connectivity index (χ1) is 8.65. The average Bonchev–Trinajstić information content (AvgIpc) is 2.83. The Labute approximate surface area is 111 Å². The molecule has 3 nitrogen and oxygen atoms in total. The fourth-order valence-electron chi connectivity index (χ4n) is 1.81. The average molecular weight is 263 g/mol. The van der Waals surface area contributed by atoms with Crippen LogP contribution < -0.4 is 4.74 Å². The molecule has 1 aromatic heterocycles. The van der Waals surface area contributed by atoms with Crippen LogP contribution >= 0.6 is 11.3 Å². The largest absolute Gasteiger partial charge is 0.497 e. The number of aromatic nitrogens is 1. The fraction of sp³-hybridized carbons (Fsp3) is 0.357. The fourth-order valence-corrected chi connectivity index (χ4v) is 2.77. The standard InChI is InChI=1S/C14H17NO2S/c1-9(2)14-13(15-12(8-16)18-14)10-5-4-6-11(7-10)17-3/h4-7,9,16H,8H2,1-3H3. The second-order valence-corrected chi connectivity index (χ2v) is 5.48. The Balaban J connectivity index is 2.51. The number of nitrogens with zero attached hydrogens (tertiary/aromatic N) is 1. The highest BCUT2D eigenvalue weighted by Gasteiger charge is 2.15. The third-order valence-corrected chi connectivity index (χ3v) is 4.04. The van der Waals surface area contributed by atoms with Crippen LogP contribution in [0.3, 0.4) is 0 Å². The van der Waals surface area contributed by atoms with Crippen molar-refractivity contribution in [1.29, 1.82) is 0 Å². The molecule has 0 aliphatic rings. The van der Waals surface area contributed by atoms with E-state index in [2.05, 4.69) is 18.8 Å². The smallest absolute Gasteiger partial charge is 0.119 e. The molecule has 2 rings (SSSR count). The molecule has 0 radical (unpaired) electrons. The lowest BCUT2D eigenvalue weighted by atomic mass is 10.1.